The smallest absolute Gasteiger partial charge is 0.288 e. The van der Waals surface area contributed by atoms with E-state index in [4.69, 9.17) is 9.47 Å². The van der Waals surface area contributed by atoms with Crippen LogP contribution in [-0.2, 0) is 0 Å². The quantitative estimate of drug-likeness (QED) is 0.787. The van der Waals surface area contributed by atoms with Crippen molar-refractivity contribution < 1.29 is 19.1 Å². The van der Waals surface area contributed by atoms with Crippen molar-refractivity contribution in [2.45, 2.75) is 6.92 Å². The van der Waals surface area contributed by atoms with Gasteiger partial charge in [-0.15, -0.1) is 0 Å². The summed E-state index contributed by atoms with van der Waals surface area (Å²) in [7, 11) is 0. The van der Waals surface area contributed by atoms with Crippen LogP contribution in [0.3, 0.4) is 0 Å². The maximum atomic E-state index is 12.0. The number of nitrogens with zero attached hydrogens (tertiary/aromatic N) is 2. The van der Waals surface area contributed by atoms with E-state index in [0.29, 0.717) is 22.9 Å². The molecular formula is C14H12N4O4. The highest BCUT2D eigenvalue weighted by molar-refractivity contribution is 5.98. The van der Waals surface area contributed by atoms with Gasteiger partial charge >= 0.3 is 0 Å². The minimum Gasteiger partial charge on any atom is -0.454 e. The number of hydrazine groups is 1. The topological polar surface area (TPSA) is 102 Å². The molecule has 0 bridgehead atoms. The maximum Gasteiger partial charge on any atom is 0.288 e. The summed E-state index contributed by atoms with van der Waals surface area (Å²) in [5, 5.41) is 0. The van der Waals surface area contributed by atoms with E-state index >= 15 is 0 Å². The molecule has 1 aromatic heterocycles. The molecule has 3 rings (SSSR count). The highest BCUT2D eigenvalue weighted by atomic mass is 16.7. The predicted molar refractivity (Wildman–Crippen MR) is 74.3 cm³/mol. The van der Waals surface area contributed by atoms with E-state index in [2.05, 4.69) is 20.8 Å². The maximum absolute atomic E-state index is 12.0. The highest BCUT2D eigenvalue weighted by Crippen LogP contribution is 2.32. The second kappa shape index (κ2) is 5.68. The van der Waals surface area contributed by atoms with Gasteiger partial charge < -0.3 is 9.47 Å². The molecule has 112 valence electrons. The lowest BCUT2D eigenvalue weighted by molar-refractivity contribution is 0.0843. The van der Waals surface area contributed by atoms with Gasteiger partial charge in [0.15, 0.2) is 11.5 Å². The van der Waals surface area contributed by atoms with Gasteiger partial charge in [-0.05, 0) is 31.2 Å². The van der Waals surface area contributed by atoms with Crippen molar-refractivity contribution in [1.29, 1.82) is 0 Å². The molecule has 2 N–H and O–H groups in total. The van der Waals surface area contributed by atoms with Gasteiger partial charge in [0.05, 0.1) is 0 Å². The molecule has 1 aromatic carbocycles. The molecule has 0 unspecified atom stereocenters. The van der Waals surface area contributed by atoms with Crippen LogP contribution in [0.5, 0.6) is 11.5 Å². The van der Waals surface area contributed by atoms with E-state index in [9.17, 15) is 9.59 Å². The number of nitrogens with one attached hydrogen (secondary N) is 2. The first-order chi connectivity index (χ1) is 10.6. The molecule has 0 atom stereocenters. The number of hydrogen-bond acceptors (Lipinski definition) is 6. The lowest BCUT2D eigenvalue weighted by Gasteiger charge is -2.07. The van der Waals surface area contributed by atoms with Crippen molar-refractivity contribution >= 4 is 11.8 Å². The lowest BCUT2D eigenvalue weighted by atomic mass is 10.2. The van der Waals surface area contributed by atoms with Gasteiger partial charge in [-0.1, -0.05) is 0 Å². The molecule has 0 saturated carbocycles. The van der Waals surface area contributed by atoms with E-state index in [1.807, 2.05) is 0 Å². The van der Waals surface area contributed by atoms with Gasteiger partial charge in [0.2, 0.25) is 6.79 Å². The van der Waals surface area contributed by atoms with Crippen LogP contribution in [0.4, 0.5) is 0 Å². The van der Waals surface area contributed by atoms with Gasteiger partial charge in [-0.3, -0.25) is 20.4 Å². The highest BCUT2D eigenvalue weighted by Gasteiger charge is 2.17. The fourth-order valence-corrected chi connectivity index (χ4v) is 1.87. The number of carbonyl (C=O) groups is 2. The van der Waals surface area contributed by atoms with Crippen LogP contribution >= 0.6 is 0 Å². The molecular weight excluding hydrogens is 288 g/mol. The summed E-state index contributed by atoms with van der Waals surface area (Å²) in [6.45, 7) is 1.80. The Morgan fingerprint density at radius 3 is 2.68 bits per heavy atom. The summed E-state index contributed by atoms with van der Waals surface area (Å²) >= 11 is 0. The van der Waals surface area contributed by atoms with Gasteiger partial charge in [0, 0.05) is 11.8 Å². The largest absolute Gasteiger partial charge is 0.454 e. The average molecular weight is 300 g/mol. The Morgan fingerprint density at radius 1 is 1.09 bits per heavy atom. The van der Waals surface area contributed by atoms with Crippen molar-refractivity contribution in [3.63, 3.8) is 0 Å². The third-order valence-electron chi connectivity index (χ3n) is 2.93. The zero-order valence-corrected chi connectivity index (χ0v) is 11.6. The van der Waals surface area contributed by atoms with Crippen molar-refractivity contribution in [3.05, 3.63) is 47.5 Å². The molecule has 2 heterocycles. The zero-order valence-electron chi connectivity index (χ0n) is 11.6. The lowest BCUT2D eigenvalue weighted by Crippen LogP contribution is -2.42. The molecule has 1 aliphatic heterocycles. The third-order valence-corrected chi connectivity index (χ3v) is 2.93. The Bertz CT molecular complexity index is 747. The van der Waals surface area contributed by atoms with E-state index in [0.717, 1.165) is 0 Å². The first kappa shape index (κ1) is 13.8. The molecule has 0 fully saturated rings. The first-order valence-electron chi connectivity index (χ1n) is 6.43. The number of benzene rings is 1. The summed E-state index contributed by atoms with van der Waals surface area (Å²) in [6, 6.07) is 6.20. The molecule has 1 aliphatic rings. The van der Waals surface area contributed by atoms with Crippen LogP contribution in [0.15, 0.2) is 30.5 Å². The van der Waals surface area contributed by atoms with Crippen LogP contribution in [0.2, 0.25) is 0 Å². The first-order valence-corrected chi connectivity index (χ1v) is 6.43. The Kier molecular flexibility index (Phi) is 3.57. The molecule has 0 aliphatic carbocycles. The van der Waals surface area contributed by atoms with Gasteiger partial charge in [0.25, 0.3) is 11.8 Å². The molecule has 22 heavy (non-hydrogen) atoms. The van der Waals surface area contributed by atoms with Crippen LogP contribution in [-0.4, -0.2) is 28.6 Å². The Hall–Kier alpha value is -3.16. The molecule has 0 saturated heterocycles. The predicted octanol–water partition coefficient (Wildman–Crippen LogP) is 0.589. The minimum atomic E-state index is -0.528. The number of rotatable bonds is 2. The van der Waals surface area contributed by atoms with Gasteiger partial charge in [0.1, 0.15) is 11.5 Å². The number of fused-ring (bicyclic) bond motifs is 1. The average Bonchev–Trinajstić information content (AvgIpc) is 2.99. The summed E-state index contributed by atoms with van der Waals surface area (Å²) in [5.41, 5.74) is 5.11. The van der Waals surface area contributed by atoms with E-state index in [-0.39, 0.29) is 12.5 Å². The number of hydrogen-bond donors (Lipinski definition) is 2. The second-order valence-electron chi connectivity index (χ2n) is 4.47. The number of aryl methyl sites for hydroxylation is 1. The number of ether oxygens (including phenoxy) is 2. The van der Waals surface area contributed by atoms with E-state index < -0.39 is 11.8 Å². The summed E-state index contributed by atoms with van der Waals surface area (Å²) in [6.07, 6.45) is 1.47. The Morgan fingerprint density at radius 2 is 1.86 bits per heavy atom. The fourth-order valence-electron chi connectivity index (χ4n) is 1.87. The molecule has 0 radical (unpaired) electrons. The van der Waals surface area contributed by atoms with Crippen molar-refractivity contribution in [2.75, 3.05) is 6.79 Å². The Balaban J connectivity index is 1.64. The molecule has 8 nitrogen and oxygen atoms in total. The third kappa shape index (κ3) is 2.80. The number of carbonyl (C=O) groups excluding carboxylic acids is 2. The number of aromatic nitrogens is 2. The van der Waals surface area contributed by atoms with Crippen molar-refractivity contribution in [3.8, 4) is 11.5 Å². The summed E-state index contributed by atoms with van der Waals surface area (Å²) in [5.74, 6) is 0.536. The van der Waals surface area contributed by atoms with Crippen molar-refractivity contribution in [1.82, 2.24) is 20.8 Å². The molecule has 2 amide bonds. The van der Waals surface area contributed by atoms with Crippen molar-refractivity contribution in [2.24, 2.45) is 0 Å². The van der Waals surface area contributed by atoms with E-state index in [1.165, 1.54) is 12.3 Å². The summed E-state index contributed by atoms with van der Waals surface area (Å²) in [4.78, 5) is 31.7. The van der Waals surface area contributed by atoms with Crippen LogP contribution in [0, 0.1) is 6.92 Å². The zero-order chi connectivity index (χ0) is 15.5. The minimum absolute atomic E-state index is 0.129. The fraction of sp³-hybridized carbons (Fsp3) is 0.143. The van der Waals surface area contributed by atoms with Gasteiger partial charge in [-0.25, -0.2) is 9.97 Å². The molecule has 0 spiro atoms. The SMILES string of the molecule is Cc1nccc(C(=O)NNC(=O)c2ccc3c(c2)OCO3)n1. The Labute approximate surface area is 125 Å². The van der Waals surface area contributed by atoms with E-state index in [1.54, 1.807) is 25.1 Å². The summed E-state index contributed by atoms with van der Waals surface area (Å²) < 4.78 is 10.4. The number of amides is 2. The molecule has 2 aromatic rings. The van der Waals surface area contributed by atoms with Gasteiger partial charge in [-0.2, -0.15) is 0 Å². The second-order valence-corrected chi connectivity index (χ2v) is 4.47. The monoisotopic (exact) mass is 300 g/mol. The standard InChI is InChI=1S/C14H12N4O4/c1-8-15-5-4-10(16-8)14(20)18-17-13(19)9-2-3-11-12(6-9)22-7-21-11/h2-6H,7H2,1H3,(H,17,19)(H,18,20). The van der Waals surface area contributed by atoms with Crippen LogP contribution in [0.25, 0.3) is 0 Å². The molecule has 8 heteroatoms. The van der Waals surface area contributed by atoms with Crippen LogP contribution in [0.1, 0.15) is 26.7 Å². The normalized spacial score (nSPS) is 11.9. The van der Waals surface area contributed by atoms with Crippen LogP contribution < -0.4 is 20.3 Å².